The third kappa shape index (κ3) is 4.98. The Labute approximate surface area is 129 Å². The predicted octanol–water partition coefficient (Wildman–Crippen LogP) is 4.50. The summed E-state index contributed by atoms with van der Waals surface area (Å²) < 4.78 is 0. The standard InChI is InChI=1S/C15H22N2O5/c1-2-3-4-5-6-7-8-9-12-10-11-13(18)15(17(21)22)14(12)16(19)20/h10-11,18H,2-9H2,1H3. The fraction of sp³-hybridized carbons (Fsp3) is 0.600. The Morgan fingerprint density at radius 1 is 0.909 bits per heavy atom. The first kappa shape index (κ1) is 17.9. The molecule has 0 aliphatic carbocycles. The smallest absolute Gasteiger partial charge is 0.387 e. The zero-order valence-electron chi connectivity index (χ0n) is 12.8. The zero-order valence-corrected chi connectivity index (χ0v) is 12.8. The van der Waals surface area contributed by atoms with Gasteiger partial charge in [-0.25, -0.2) is 0 Å². The van der Waals surface area contributed by atoms with E-state index in [0.29, 0.717) is 12.0 Å². The van der Waals surface area contributed by atoms with Crippen LogP contribution in [0.4, 0.5) is 11.4 Å². The lowest BCUT2D eigenvalue weighted by atomic mass is 10.0. The molecule has 0 saturated carbocycles. The van der Waals surface area contributed by atoms with E-state index in [4.69, 9.17) is 0 Å². The summed E-state index contributed by atoms with van der Waals surface area (Å²) in [5.41, 5.74) is -1.09. The summed E-state index contributed by atoms with van der Waals surface area (Å²) >= 11 is 0. The molecule has 0 spiro atoms. The van der Waals surface area contributed by atoms with Gasteiger partial charge in [0.1, 0.15) is 0 Å². The number of phenols is 1. The number of nitrogens with zero attached hydrogens (tertiary/aromatic N) is 2. The lowest BCUT2D eigenvalue weighted by Crippen LogP contribution is -2.01. The van der Waals surface area contributed by atoms with Gasteiger partial charge in [-0.15, -0.1) is 0 Å². The second-order valence-electron chi connectivity index (χ2n) is 5.33. The third-order valence-corrected chi connectivity index (χ3v) is 3.63. The van der Waals surface area contributed by atoms with Crippen LogP contribution in [0.1, 0.15) is 57.4 Å². The summed E-state index contributed by atoms with van der Waals surface area (Å²) in [6.07, 6.45) is 7.90. The van der Waals surface area contributed by atoms with Crippen molar-refractivity contribution in [1.29, 1.82) is 0 Å². The van der Waals surface area contributed by atoms with Crippen LogP contribution in [-0.2, 0) is 6.42 Å². The Morgan fingerprint density at radius 2 is 1.45 bits per heavy atom. The van der Waals surface area contributed by atoms with E-state index in [-0.39, 0.29) is 0 Å². The number of benzene rings is 1. The van der Waals surface area contributed by atoms with E-state index in [1.165, 1.54) is 25.3 Å². The molecule has 1 aromatic rings. The minimum Gasteiger partial charge on any atom is -0.502 e. The average Bonchev–Trinajstić information content (AvgIpc) is 2.46. The molecule has 122 valence electrons. The van der Waals surface area contributed by atoms with Gasteiger partial charge in [0, 0.05) is 5.56 Å². The van der Waals surface area contributed by atoms with Crippen molar-refractivity contribution in [2.45, 2.75) is 58.3 Å². The molecular weight excluding hydrogens is 288 g/mol. The van der Waals surface area contributed by atoms with E-state index >= 15 is 0 Å². The van der Waals surface area contributed by atoms with Crippen LogP contribution >= 0.6 is 0 Å². The fourth-order valence-electron chi connectivity index (χ4n) is 2.47. The number of hydrogen-bond acceptors (Lipinski definition) is 5. The Balaban J connectivity index is 2.69. The van der Waals surface area contributed by atoms with E-state index in [9.17, 15) is 25.3 Å². The fourth-order valence-corrected chi connectivity index (χ4v) is 2.47. The predicted molar refractivity (Wildman–Crippen MR) is 83.1 cm³/mol. The van der Waals surface area contributed by atoms with Gasteiger partial charge >= 0.3 is 11.4 Å². The maximum Gasteiger partial charge on any atom is 0.387 e. The van der Waals surface area contributed by atoms with Crippen molar-refractivity contribution in [3.8, 4) is 5.75 Å². The summed E-state index contributed by atoms with van der Waals surface area (Å²) in [4.78, 5) is 20.3. The van der Waals surface area contributed by atoms with Crippen LogP contribution in [0.2, 0.25) is 0 Å². The number of hydrogen-bond donors (Lipinski definition) is 1. The van der Waals surface area contributed by atoms with Crippen LogP contribution < -0.4 is 0 Å². The number of nitro benzene ring substituents is 2. The normalized spacial score (nSPS) is 10.6. The van der Waals surface area contributed by atoms with Crippen molar-refractivity contribution >= 4 is 11.4 Å². The van der Waals surface area contributed by atoms with Gasteiger partial charge in [-0.1, -0.05) is 45.4 Å². The van der Waals surface area contributed by atoms with Gasteiger partial charge in [0.25, 0.3) is 0 Å². The molecule has 0 atom stereocenters. The molecule has 7 nitrogen and oxygen atoms in total. The zero-order chi connectivity index (χ0) is 16.5. The summed E-state index contributed by atoms with van der Waals surface area (Å²) in [5, 5.41) is 31.5. The maximum absolute atomic E-state index is 11.1. The van der Waals surface area contributed by atoms with Crippen molar-refractivity contribution in [3.05, 3.63) is 37.9 Å². The highest BCUT2D eigenvalue weighted by molar-refractivity contribution is 5.65. The van der Waals surface area contributed by atoms with E-state index in [2.05, 4.69) is 6.92 Å². The van der Waals surface area contributed by atoms with Crippen LogP contribution in [0.15, 0.2) is 12.1 Å². The van der Waals surface area contributed by atoms with Gasteiger partial charge in [-0.05, 0) is 25.0 Å². The van der Waals surface area contributed by atoms with E-state index in [0.717, 1.165) is 31.7 Å². The van der Waals surface area contributed by atoms with Gasteiger partial charge < -0.3 is 5.11 Å². The molecule has 0 saturated heterocycles. The van der Waals surface area contributed by atoms with Crippen molar-refractivity contribution in [1.82, 2.24) is 0 Å². The average molecular weight is 310 g/mol. The highest BCUT2D eigenvalue weighted by Crippen LogP contribution is 2.38. The summed E-state index contributed by atoms with van der Waals surface area (Å²) in [7, 11) is 0. The van der Waals surface area contributed by atoms with Gasteiger partial charge in [0.15, 0.2) is 0 Å². The monoisotopic (exact) mass is 310 g/mol. The lowest BCUT2D eigenvalue weighted by molar-refractivity contribution is -0.423. The first-order valence-electron chi connectivity index (χ1n) is 7.62. The molecule has 1 N–H and O–H groups in total. The number of phenolic OH excluding ortho intramolecular Hbond substituents is 1. The van der Waals surface area contributed by atoms with Crippen LogP contribution in [0.5, 0.6) is 5.75 Å². The van der Waals surface area contributed by atoms with Gasteiger partial charge in [-0.2, -0.15) is 0 Å². The maximum atomic E-state index is 11.1. The van der Waals surface area contributed by atoms with E-state index in [1.54, 1.807) is 0 Å². The highest BCUT2D eigenvalue weighted by atomic mass is 16.6. The molecule has 22 heavy (non-hydrogen) atoms. The lowest BCUT2D eigenvalue weighted by Gasteiger charge is -2.05. The number of aromatic hydroxyl groups is 1. The molecule has 0 heterocycles. The molecule has 0 unspecified atom stereocenters. The third-order valence-electron chi connectivity index (χ3n) is 3.63. The quantitative estimate of drug-likeness (QED) is 0.389. The van der Waals surface area contributed by atoms with Crippen LogP contribution in [0, 0.1) is 20.2 Å². The molecule has 1 aromatic carbocycles. The number of aryl methyl sites for hydroxylation is 1. The number of nitro groups is 2. The largest absolute Gasteiger partial charge is 0.502 e. The molecular formula is C15H22N2O5. The molecule has 0 fully saturated rings. The molecule has 7 heteroatoms. The molecule has 0 radical (unpaired) electrons. The first-order valence-corrected chi connectivity index (χ1v) is 7.62. The molecule has 0 aliphatic rings. The molecule has 0 amide bonds. The van der Waals surface area contributed by atoms with Crippen LogP contribution in [0.25, 0.3) is 0 Å². The van der Waals surface area contributed by atoms with Gasteiger partial charge in [-0.3, -0.25) is 20.2 Å². The first-order chi connectivity index (χ1) is 10.5. The Hall–Kier alpha value is -2.18. The SMILES string of the molecule is CCCCCCCCCc1ccc(O)c([N+](=O)[O-])c1[N+](=O)[O-]. The highest BCUT2D eigenvalue weighted by Gasteiger charge is 2.32. The minimum absolute atomic E-state index is 0.308. The number of rotatable bonds is 10. The Kier molecular flexibility index (Phi) is 7.28. The van der Waals surface area contributed by atoms with Crippen molar-refractivity contribution < 1.29 is 15.0 Å². The van der Waals surface area contributed by atoms with Gasteiger partial charge in [0.05, 0.1) is 9.85 Å². The van der Waals surface area contributed by atoms with E-state index in [1.807, 2.05) is 0 Å². The summed E-state index contributed by atoms with van der Waals surface area (Å²) in [6, 6.07) is 2.55. The minimum atomic E-state index is -0.901. The second kappa shape index (κ2) is 8.96. The summed E-state index contributed by atoms with van der Waals surface area (Å²) in [6.45, 7) is 2.15. The molecule has 0 aromatic heterocycles. The Bertz CT molecular complexity index is 531. The van der Waals surface area contributed by atoms with Crippen molar-refractivity contribution in [2.24, 2.45) is 0 Å². The summed E-state index contributed by atoms with van der Waals surface area (Å²) in [5.74, 6) is -0.667. The van der Waals surface area contributed by atoms with Crippen LogP contribution in [0.3, 0.4) is 0 Å². The van der Waals surface area contributed by atoms with Crippen molar-refractivity contribution in [3.63, 3.8) is 0 Å². The Morgan fingerprint density at radius 3 is 2.00 bits per heavy atom. The molecule has 0 aliphatic heterocycles. The second-order valence-corrected chi connectivity index (χ2v) is 5.33. The number of unbranched alkanes of at least 4 members (excludes halogenated alkanes) is 6. The molecule has 1 rings (SSSR count). The van der Waals surface area contributed by atoms with Crippen LogP contribution in [-0.4, -0.2) is 15.0 Å². The van der Waals surface area contributed by atoms with Crippen molar-refractivity contribution in [2.75, 3.05) is 0 Å². The van der Waals surface area contributed by atoms with Gasteiger partial charge in [0.2, 0.25) is 5.75 Å². The van der Waals surface area contributed by atoms with E-state index < -0.39 is 27.0 Å². The molecule has 0 bridgehead atoms. The topological polar surface area (TPSA) is 107 Å².